The Kier molecular flexibility index (Phi) is 6.98. The average molecular weight is 720 g/mol. The van der Waals surface area contributed by atoms with Crippen molar-refractivity contribution in [2.45, 2.75) is 38.5 Å². The van der Waals surface area contributed by atoms with E-state index in [0.717, 1.165) is 39.0 Å². The lowest BCUT2D eigenvalue weighted by Gasteiger charge is -2.28. The van der Waals surface area contributed by atoms with E-state index in [1.165, 1.54) is 66.8 Å². The van der Waals surface area contributed by atoms with Gasteiger partial charge in [-0.3, -0.25) is 0 Å². The van der Waals surface area contributed by atoms with Gasteiger partial charge in [0.25, 0.3) is 0 Å². The molecule has 0 N–H and O–H groups in total. The van der Waals surface area contributed by atoms with Gasteiger partial charge >= 0.3 is 0 Å². The zero-order chi connectivity index (χ0) is 37.8. The third-order valence-electron chi connectivity index (χ3n) is 12.7. The summed E-state index contributed by atoms with van der Waals surface area (Å²) in [6.45, 7) is 9.38. The molecule has 2 nitrogen and oxygen atoms in total. The molecule has 268 valence electrons. The van der Waals surface area contributed by atoms with Crippen LogP contribution in [0, 0.1) is 0 Å². The van der Waals surface area contributed by atoms with Gasteiger partial charge in [-0.2, -0.15) is 0 Å². The molecule has 1 aromatic heterocycles. The van der Waals surface area contributed by atoms with Crippen LogP contribution in [-0.2, 0) is 10.8 Å². The number of furan rings is 1. The van der Waals surface area contributed by atoms with Crippen LogP contribution in [0.1, 0.15) is 49.9 Å². The fourth-order valence-electron chi connectivity index (χ4n) is 9.68. The summed E-state index contributed by atoms with van der Waals surface area (Å²) in [4.78, 5) is 2.37. The minimum atomic E-state index is -0.107. The molecule has 0 bridgehead atoms. The second kappa shape index (κ2) is 11.9. The number of rotatable bonds is 5. The maximum Gasteiger partial charge on any atom is 0.137 e. The number of hydrogen-bond acceptors (Lipinski definition) is 2. The van der Waals surface area contributed by atoms with E-state index in [2.05, 4.69) is 209 Å². The first-order valence-electron chi connectivity index (χ1n) is 19.7. The number of nitrogens with zero attached hydrogens (tertiary/aromatic N) is 1. The first-order valence-corrected chi connectivity index (χ1v) is 19.7. The van der Waals surface area contributed by atoms with Gasteiger partial charge in [-0.1, -0.05) is 143 Å². The predicted molar refractivity (Wildman–Crippen MR) is 234 cm³/mol. The van der Waals surface area contributed by atoms with Crippen LogP contribution in [0.15, 0.2) is 180 Å². The third kappa shape index (κ3) is 4.82. The molecule has 56 heavy (non-hydrogen) atoms. The highest BCUT2D eigenvalue weighted by Gasteiger charge is 2.37. The Morgan fingerprint density at radius 2 is 0.839 bits per heavy atom. The van der Waals surface area contributed by atoms with Gasteiger partial charge in [0.2, 0.25) is 0 Å². The summed E-state index contributed by atoms with van der Waals surface area (Å²) in [6, 6.07) is 64.5. The molecule has 2 aliphatic rings. The summed E-state index contributed by atoms with van der Waals surface area (Å²) in [7, 11) is 0. The van der Waals surface area contributed by atoms with Crippen molar-refractivity contribution in [3.8, 4) is 44.5 Å². The van der Waals surface area contributed by atoms with Gasteiger partial charge in [-0.25, -0.2) is 0 Å². The normalized spacial score (nSPS) is 14.4. The van der Waals surface area contributed by atoms with Crippen molar-refractivity contribution in [3.63, 3.8) is 0 Å². The lowest BCUT2D eigenvalue weighted by molar-refractivity contribution is 0.660. The van der Waals surface area contributed by atoms with Gasteiger partial charge in [0.1, 0.15) is 11.2 Å². The van der Waals surface area contributed by atoms with Gasteiger partial charge in [0.15, 0.2) is 0 Å². The van der Waals surface area contributed by atoms with E-state index in [9.17, 15) is 0 Å². The Morgan fingerprint density at radius 3 is 1.55 bits per heavy atom. The molecule has 0 saturated carbocycles. The Labute approximate surface area is 328 Å². The highest BCUT2D eigenvalue weighted by atomic mass is 16.3. The van der Waals surface area contributed by atoms with E-state index >= 15 is 0 Å². The van der Waals surface area contributed by atoms with Crippen molar-refractivity contribution in [3.05, 3.63) is 198 Å². The number of hydrogen-bond donors (Lipinski definition) is 0. The molecule has 0 unspecified atom stereocenters. The van der Waals surface area contributed by atoms with Crippen LogP contribution in [0.3, 0.4) is 0 Å². The SMILES string of the molecule is CC1(C)c2ccccc2-c2ccc(-c3ccc4oc5cc(N(c6ccc(-c7ccccc7)cc6)c6ccc7c(c6)C(C)(C)c6ccccc6-7)ccc5c4c3)cc21. The highest BCUT2D eigenvalue weighted by Crippen LogP contribution is 2.52. The minimum absolute atomic E-state index is 0.0446. The van der Waals surface area contributed by atoms with Crippen LogP contribution >= 0.6 is 0 Å². The number of benzene rings is 8. The molecular weight excluding hydrogens is 679 g/mol. The smallest absolute Gasteiger partial charge is 0.137 e. The molecule has 8 aromatic carbocycles. The van der Waals surface area contributed by atoms with Gasteiger partial charge in [-0.15, -0.1) is 0 Å². The minimum Gasteiger partial charge on any atom is -0.456 e. The summed E-state index contributed by atoms with van der Waals surface area (Å²) < 4.78 is 6.65. The molecule has 2 aliphatic carbocycles. The van der Waals surface area contributed by atoms with Crippen LogP contribution in [0.5, 0.6) is 0 Å². The molecule has 0 radical (unpaired) electrons. The maximum atomic E-state index is 6.65. The largest absolute Gasteiger partial charge is 0.456 e. The molecule has 1 heterocycles. The molecule has 0 aliphatic heterocycles. The Morgan fingerprint density at radius 1 is 0.339 bits per heavy atom. The third-order valence-corrected chi connectivity index (χ3v) is 12.7. The molecule has 0 fully saturated rings. The molecule has 2 heteroatoms. The Balaban J connectivity index is 1.02. The first kappa shape index (κ1) is 32.8. The molecule has 9 aromatic rings. The van der Waals surface area contributed by atoms with Crippen molar-refractivity contribution in [1.82, 2.24) is 0 Å². The van der Waals surface area contributed by atoms with E-state index < -0.39 is 0 Å². The summed E-state index contributed by atoms with van der Waals surface area (Å²) in [5.41, 5.74) is 20.5. The monoisotopic (exact) mass is 719 g/mol. The van der Waals surface area contributed by atoms with E-state index in [4.69, 9.17) is 4.42 Å². The van der Waals surface area contributed by atoms with Gasteiger partial charge < -0.3 is 9.32 Å². The second-order valence-electron chi connectivity index (χ2n) is 16.6. The molecule has 11 rings (SSSR count). The van der Waals surface area contributed by atoms with Gasteiger partial charge in [0, 0.05) is 44.7 Å². The van der Waals surface area contributed by atoms with Crippen LogP contribution < -0.4 is 4.90 Å². The fourth-order valence-corrected chi connectivity index (χ4v) is 9.68. The second-order valence-corrected chi connectivity index (χ2v) is 16.6. The zero-order valence-corrected chi connectivity index (χ0v) is 32.1. The van der Waals surface area contributed by atoms with Crippen molar-refractivity contribution in [1.29, 1.82) is 0 Å². The molecule has 0 atom stereocenters. The standard InChI is InChI=1S/C54H41NO/c1-53(2)47-16-10-8-14-41(47)43-26-20-37(31-49(43)53)36-21-29-51-46(30-36)45-28-25-40(33-52(45)56-51)55(38-22-18-35(19-23-38)34-12-6-5-7-13-34)39-24-27-44-42-15-9-11-17-48(42)54(3,4)50(44)32-39/h5-33H,1-4H3. The van der Waals surface area contributed by atoms with E-state index in [0.29, 0.717) is 0 Å². The number of fused-ring (bicyclic) bond motifs is 9. The lowest BCUT2D eigenvalue weighted by atomic mass is 9.81. The fraction of sp³-hybridized carbons (Fsp3) is 0.111. The summed E-state index contributed by atoms with van der Waals surface area (Å²) in [5, 5.41) is 2.24. The van der Waals surface area contributed by atoms with E-state index in [1.807, 2.05) is 0 Å². The maximum absolute atomic E-state index is 6.65. The van der Waals surface area contributed by atoms with Gasteiger partial charge in [-0.05, 0) is 121 Å². The average Bonchev–Trinajstić information content (AvgIpc) is 3.80. The number of anilines is 3. The van der Waals surface area contributed by atoms with Gasteiger partial charge in [0.05, 0.1) is 0 Å². The highest BCUT2D eigenvalue weighted by molar-refractivity contribution is 6.07. The van der Waals surface area contributed by atoms with Crippen molar-refractivity contribution in [2.75, 3.05) is 4.90 Å². The van der Waals surface area contributed by atoms with E-state index in [-0.39, 0.29) is 10.8 Å². The summed E-state index contributed by atoms with van der Waals surface area (Å²) in [6.07, 6.45) is 0. The summed E-state index contributed by atoms with van der Waals surface area (Å²) >= 11 is 0. The molecule has 0 amide bonds. The van der Waals surface area contributed by atoms with Crippen LogP contribution in [-0.4, -0.2) is 0 Å². The molecule has 0 saturated heterocycles. The Bertz CT molecular complexity index is 3020. The topological polar surface area (TPSA) is 16.4 Å². The van der Waals surface area contributed by atoms with Crippen molar-refractivity contribution < 1.29 is 4.42 Å². The summed E-state index contributed by atoms with van der Waals surface area (Å²) in [5.74, 6) is 0. The first-order chi connectivity index (χ1) is 27.3. The molecular formula is C54H41NO. The predicted octanol–water partition coefficient (Wildman–Crippen LogP) is 15.0. The Hall–Kier alpha value is -6.64. The van der Waals surface area contributed by atoms with Crippen LogP contribution in [0.2, 0.25) is 0 Å². The van der Waals surface area contributed by atoms with Crippen molar-refractivity contribution in [2.24, 2.45) is 0 Å². The lowest BCUT2D eigenvalue weighted by Crippen LogP contribution is -2.16. The molecule has 0 spiro atoms. The zero-order valence-electron chi connectivity index (χ0n) is 32.1. The quantitative estimate of drug-likeness (QED) is 0.176. The van der Waals surface area contributed by atoms with Crippen molar-refractivity contribution >= 4 is 39.0 Å². The van der Waals surface area contributed by atoms with Crippen LogP contribution in [0.4, 0.5) is 17.1 Å². The van der Waals surface area contributed by atoms with Crippen LogP contribution in [0.25, 0.3) is 66.4 Å². The van der Waals surface area contributed by atoms with E-state index in [1.54, 1.807) is 0 Å².